The van der Waals surface area contributed by atoms with Crippen molar-refractivity contribution in [2.75, 3.05) is 17.7 Å². The number of ether oxygens (including phenoxy) is 1. The predicted octanol–water partition coefficient (Wildman–Crippen LogP) is 3.67. The second kappa shape index (κ2) is 8.75. The molecule has 0 aliphatic carbocycles. The number of aryl methyl sites for hydroxylation is 1. The third-order valence-electron chi connectivity index (χ3n) is 3.57. The summed E-state index contributed by atoms with van der Waals surface area (Å²) in [5, 5.41) is 5.02. The number of nitrogens with one attached hydrogen (secondary N) is 2. The van der Waals surface area contributed by atoms with Gasteiger partial charge in [-0.25, -0.2) is 8.78 Å². The average Bonchev–Trinajstić information content (AvgIpc) is 2.64. The molecule has 0 aliphatic heterocycles. The molecule has 0 heterocycles. The van der Waals surface area contributed by atoms with Crippen LogP contribution in [-0.2, 0) is 16.0 Å². The largest absolute Gasteiger partial charge is 0.491 e. The van der Waals surface area contributed by atoms with Gasteiger partial charge < -0.3 is 15.4 Å². The molecule has 2 amide bonds. The number of amides is 2. The first kappa shape index (κ1) is 19.1. The smallest absolute Gasteiger partial charge is 0.247 e. The molecule has 0 spiro atoms. The number of benzene rings is 2. The van der Waals surface area contributed by atoms with Gasteiger partial charge in [-0.2, -0.15) is 0 Å². The van der Waals surface area contributed by atoms with Crippen molar-refractivity contribution in [2.45, 2.75) is 12.8 Å². The summed E-state index contributed by atoms with van der Waals surface area (Å²) in [6.07, 6.45) is 1.70. The molecule has 136 valence electrons. The lowest BCUT2D eigenvalue weighted by atomic mass is 10.1. The minimum atomic E-state index is -0.955. The maximum absolute atomic E-state index is 14.0. The van der Waals surface area contributed by atoms with Gasteiger partial charge in [0, 0.05) is 12.1 Å². The van der Waals surface area contributed by atoms with Gasteiger partial charge in [-0.3, -0.25) is 9.59 Å². The third kappa shape index (κ3) is 4.89. The van der Waals surface area contributed by atoms with Crippen LogP contribution in [0, 0.1) is 11.6 Å². The fraction of sp³-hybridized carbons (Fsp3) is 0.158. The molecule has 0 bridgehead atoms. The molecule has 0 radical (unpaired) electrons. The second-order valence-corrected chi connectivity index (χ2v) is 5.38. The molecular formula is C19H18F2N2O3. The molecule has 0 aliphatic rings. The lowest BCUT2D eigenvalue weighted by molar-refractivity contribution is -0.116. The van der Waals surface area contributed by atoms with Crippen LogP contribution < -0.4 is 15.4 Å². The zero-order valence-corrected chi connectivity index (χ0v) is 14.1. The molecule has 0 unspecified atom stereocenters. The van der Waals surface area contributed by atoms with Gasteiger partial charge in [-0.05, 0) is 42.3 Å². The van der Waals surface area contributed by atoms with Crippen LogP contribution >= 0.6 is 0 Å². The number of carbonyl (C=O) groups excluding carboxylic acids is 2. The van der Waals surface area contributed by atoms with Crippen LogP contribution in [0.25, 0.3) is 0 Å². The Morgan fingerprint density at radius 1 is 1.12 bits per heavy atom. The van der Waals surface area contributed by atoms with Crippen molar-refractivity contribution < 1.29 is 23.1 Å². The van der Waals surface area contributed by atoms with E-state index in [4.69, 9.17) is 0 Å². The Morgan fingerprint density at radius 2 is 1.81 bits per heavy atom. The van der Waals surface area contributed by atoms with E-state index in [0.717, 1.165) is 24.8 Å². The molecule has 5 nitrogen and oxygen atoms in total. The van der Waals surface area contributed by atoms with Crippen molar-refractivity contribution in [1.29, 1.82) is 0 Å². The first-order chi connectivity index (χ1) is 12.4. The van der Waals surface area contributed by atoms with Crippen molar-refractivity contribution in [1.82, 2.24) is 0 Å². The molecule has 2 rings (SSSR count). The standard InChI is InChI=1S/C19H18F2N2O3/c1-3-16(24)22-13-7-4-12(5-8-13)6-11-17(25)23-15-10-9-14(20)19(26-2)18(15)21/h3-5,7-10H,1,6,11H2,2H3,(H,22,24)(H,23,25). The van der Waals surface area contributed by atoms with Crippen LogP contribution in [0.15, 0.2) is 49.1 Å². The Labute approximate surface area is 149 Å². The number of hydrogen-bond acceptors (Lipinski definition) is 3. The summed E-state index contributed by atoms with van der Waals surface area (Å²) in [5.41, 5.74) is 1.34. The molecule has 0 atom stereocenters. The van der Waals surface area contributed by atoms with Gasteiger partial charge in [0.2, 0.25) is 11.8 Å². The average molecular weight is 360 g/mol. The fourth-order valence-corrected chi connectivity index (χ4v) is 2.23. The lowest BCUT2D eigenvalue weighted by Crippen LogP contribution is -2.14. The summed E-state index contributed by atoms with van der Waals surface area (Å²) in [7, 11) is 1.15. The molecule has 2 N–H and O–H groups in total. The zero-order chi connectivity index (χ0) is 19.1. The van der Waals surface area contributed by atoms with Crippen molar-refractivity contribution >= 4 is 23.2 Å². The van der Waals surface area contributed by atoms with Gasteiger partial charge in [0.1, 0.15) is 0 Å². The first-order valence-corrected chi connectivity index (χ1v) is 7.78. The van der Waals surface area contributed by atoms with Crippen molar-refractivity contribution in [2.24, 2.45) is 0 Å². The third-order valence-corrected chi connectivity index (χ3v) is 3.57. The van der Waals surface area contributed by atoms with Crippen molar-refractivity contribution in [3.8, 4) is 5.75 Å². The number of methoxy groups -OCH3 is 1. The number of hydrogen-bond donors (Lipinski definition) is 2. The van der Waals surface area contributed by atoms with E-state index in [1.165, 1.54) is 6.08 Å². The number of rotatable bonds is 7. The van der Waals surface area contributed by atoms with E-state index in [2.05, 4.69) is 21.9 Å². The topological polar surface area (TPSA) is 67.4 Å². The molecule has 0 aromatic heterocycles. The van der Waals surface area contributed by atoms with Gasteiger partial charge in [-0.15, -0.1) is 0 Å². The lowest BCUT2D eigenvalue weighted by Gasteiger charge is -2.10. The molecule has 7 heteroatoms. The summed E-state index contributed by atoms with van der Waals surface area (Å²) in [6.45, 7) is 3.37. The van der Waals surface area contributed by atoms with Gasteiger partial charge >= 0.3 is 0 Å². The van der Waals surface area contributed by atoms with Crippen LogP contribution in [0.2, 0.25) is 0 Å². The van der Waals surface area contributed by atoms with Crippen molar-refractivity contribution in [3.05, 3.63) is 66.3 Å². The molecule has 0 fully saturated rings. The van der Waals surface area contributed by atoms with E-state index < -0.39 is 23.3 Å². The van der Waals surface area contributed by atoms with Crippen LogP contribution in [-0.4, -0.2) is 18.9 Å². The number of anilines is 2. The summed E-state index contributed by atoms with van der Waals surface area (Å²) >= 11 is 0. The Morgan fingerprint density at radius 3 is 2.42 bits per heavy atom. The van der Waals surface area contributed by atoms with E-state index in [9.17, 15) is 18.4 Å². The van der Waals surface area contributed by atoms with E-state index in [0.29, 0.717) is 12.1 Å². The highest BCUT2D eigenvalue weighted by Gasteiger charge is 2.15. The highest BCUT2D eigenvalue weighted by molar-refractivity contribution is 5.98. The molecule has 2 aromatic carbocycles. The Kier molecular flexibility index (Phi) is 6.43. The van der Waals surface area contributed by atoms with Gasteiger partial charge in [0.15, 0.2) is 17.4 Å². The molecule has 0 saturated carbocycles. The van der Waals surface area contributed by atoms with E-state index >= 15 is 0 Å². The Balaban J connectivity index is 1.93. The fourth-order valence-electron chi connectivity index (χ4n) is 2.23. The highest BCUT2D eigenvalue weighted by atomic mass is 19.1. The van der Waals surface area contributed by atoms with Gasteiger partial charge in [-0.1, -0.05) is 18.7 Å². The van der Waals surface area contributed by atoms with Crippen LogP contribution in [0.4, 0.5) is 20.2 Å². The maximum Gasteiger partial charge on any atom is 0.247 e. The molecular weight excluding hydrogens is 342 g/mol. The summed E-state index contributed by atoms with van der Waals surface area (Å²) < 4.78 is 32.0. The Bertz CT molecular complexity index is 820. The van der Waals surface area contributed by atoms with Crippen LogP contribution in [0.1, 0.15) is 12.0 Å². The van der Waals surface area contributed by atoms with E-state index in [1.54, 1.807) is 24.3 Å². The van der Waals surface area contributed by atoms with Crippen LogP contribution in [0.5, 0.6) is 5.75 Å². The SMILES string of the molecule is C=CC(=O)Nc1ccc(CCC(=O)Nc2ccc(F)c(OC)c2F)cc1. The molecule has 0 saturated heterocycles. The van der Waals surface area contributed by atoms with Gasteiger partial charge in [0.25, 0.3) is 0 Å². The molecule has 26 heavy (non-hydrogen) atoms. The Hall–Kier alpha value is -3.22. The summed E-state index contributed by atoms with van der Waals surface area (Å²) in [6, 6.07) is 9.12. The van der Waals surface area contributed by atoms with Crippen molar-refractivity contribution in [3.63, 3.8) is 0 Å². The minimum absolute atomic E-state index is 0.109. The number of carbonyl (C=O) groups is 2. The minimum Gasteiger partial charge on any atom is -0.491 e. The quantitative estimate of drug-likeness (QED) is 0.741. The maximum atomic E-state index is 14.0. The zero-order valence-electron chi connectivity index (χ0n) is 14.1. The summed E-state index contributed by atoms with van der Waals surface area (Å²) in [5.74, 6) is -3.06. The highest BCUT2D eigenvalue weighted by Crippen LogP contribution is 2.27. The predicted molar refractivity (Wildman–Crippen MR) is 95.1 cm³/mol. The number of halogens is 2. The summed E-state index contributed by atoms with van der Waals surface area (Å²) in [4.78, 5) is 23.2. The second-order valence-electron chi connectivity index (χ2n) is 5.38. The van der Waals surface area contributed by atoms with Crippen LogP contribution in [0.3, 0.4) is 0 Å². The normalized spacial score (nSPS) is 10.1. The first-order valence-electron chi connectivity index (χ1n) is 7.78. The monoisotopic (exact) mass is 360 g/mol. The van der Waals surface area contributed by atoms with Gasteiger partial charge in [0.05, 0.1) is 12.8 Å². The van der Waals surface area contributed by atoms with E-state index in [1.807, 2.05) is 0 Å². The van der Waals surface area contributed by atoms with E-state index in [-0.39, 0.29) is 18.0 Å². The molecule has 2 aromatic rings.